The van der Waals surface area contributed by atoms with Crippen LogP contribution < -0.4 is 10.6 Å². The number of carbonyl (C=O) groups is 2. The number of benzene rings is 2. The lowest BCUT2D eigenvalue weighted by molar-refractivity contribution is -0.114. The number of aryl methyl sites for hydroxylation is 2. The number of nitrogens with one attached hydrogen (secondary N) is 2. The summed E-state index contributed by atoms with van der Waals surface area (Å²) in [5, 5.41) is 5.80. The third-order valence-electron chi connectivity index (χ3n) is 3.18. The molecule has 114 valence electrons. The lowest BCUT2D eigenvalue weighted by Crippen LogP contribution is -2.14. The zero-order valence-electron chi connectivity index (χ0n) is 12.7. The quantitative estimate of drug-likeness (QED) is 0.893. The second-order valence-electron chi connectivity index (χ2n) is 5.15. The Labute approximate surface area is 134 Å². The minimum absolute atomic E-state index is 0.190. The normalized spacial score (nSPS) is 10.2. The average molecular weight is 317 g/mol. The summed E-state index contributed by atoms with van der Waals surface area (Å²) in [4.78, 5) is 23.4. The Morgan fingerprint density at radius 2 is 1.73 bits per heavy atom. The van der Waals surface area contributed by atoms with E-state index in [1.165, 1.54) is 6.92 Å². The zero-order chi connectivity index (χ0) is 16.3. The van der Waals surface area contributed by atoms with Crippen molar-refractivity contribution in [3.63, 3.8) is 0 Å². The summed E-state index contributed by atoms with van der Waals surface area (Å²) < 4.78 is 0. The summed E-state index contributed by atoms with van der Waals surface area (Å²) in [6, 6.07) is 10.7. The molecule has 2 amide bonds. The van der Waals surface area contributed by atoms with Crippen LogP contribution >= 0.6 is 11.6 Å². The first-order valence-electron chi connectivity index (χ1n) is 6.82. The fourth-order valence-corrected chi connectivity index (χ4v) is 2.29. The molecular weight excluding hydrogens is 300 g/mol. The first-order valence-corrected chi connectivity index (χ1v) is 7.20. The van der Waals surface area contributed by atoms with Crippen LogP contribution in [0.1, 0.15) is 28.4 Å². The molecule has 0 fully saturated rings. The van der Waals surface area contributed by atoms with Gasteiger partial charge in [-0.05, 0) is 43.7 Å². The lowest BCUT2D eigenvalue weighted by atomic mass is 10.1. The molecule has 0 bridgehead atoms. The van der Waals surface area contributed by atoms with Crippen molar-refractivity contribution < 1.29 is 9.59 Å². The summed E-state index contributed by atoms with van der Waals surface area (Å²) in [5.41, 5.74) is 3.64. The number of amides is 2. The van der Waals surface area contributed by atoms with Crippen LogP contribution in [0.4, 0.5) is 11.4 Å². The van der Waals surface area contributed by atoms with Crippen molar-refractivity contribution in [2.45, 2.75) is 20.8 Å². The Morgan fingerprint density at radius 3 is 2.36 bits per heavy atom. The smallest absolute Gasteiger partial charge is 0.255 e. The summed E-state index contributed by atoms with van der Waals surface area (Å²) in [6.45, 7) is 5.24. The van der Waals surface area contributed by atoms with Crippen LogP contribution in [0, 0.1) is 13.8 Å². The molecular formula is C17H17ClN2O2. The van der Waals surface area contributed by atoms with E-state index >= 15 is 0 Å². The van der Waals surface area contributed by atoms with Gasteiger partial charge in [-0.2, -0.15) is 0 Å². The standard InChI is InChI=1S/C17H17ClN2O2/c1-10-4-5-11(2)14(8-10)17(22)20-13-6-7-16(15(18)9-13)19-12(3)21/h4-9H,1-3H3,(H,19,21)(H,20,22). The van der Waals surface area contributed by atoms with E-state index in [9.17, 15) is 9.59 Å². The highest BCUT2D eigenvalue weighted by molar-refractivity contribution is 6.34. The molecule has 0 aromatic heterocycles. The Morgan fingerprint density at radius 1 is 1.00 bits per heavy atom. The van der Waals surface area contributed by atoms with Crippen molar-refractivity contribution in [2.24, 2.45) is 0 Å². The van der Waals surface area contributed by atoms with E-state index in [1.54, 1.807) is 18.2 Å². The first kappa shape index (κ1) is 16.0. The highest BCUT2D eigenvalue weighted by atomic mass is 35.5. The second-order valence-corrected chi connectivity index (χ2v) is 5.56. The van der Waals surface area contributed by atoms with Gasteiger partial charge in [-0.15, -0.1) is 0 Å². The highest BCUT2D eigenvalue weighted by Gasteiger charge is 2.11. The van der Waals surface area contributed by atoms with E-state index in [0.29, 0.717) is 22.0 Å². The summed E-state index contributed by atoms with van der Waals surface area (Å²) in [7, 11) is 0. The van der Waals surface area contributed by atoms with Gasteiger partial charge in [0.05, 0.1) is 10.7 Å². The molecule has 0 heterocycles. The number of anilines is 2. The molecule has 4 nitrogen and oxygen atoms in total. The Kier molecular flexibility index (Phi) is 4.83. The maximum Gasteiger partial charge on any atom is 0.255 e. The number of hydrogen-bond donors (Lipinski definition) is 2. The van der Waals surface area contributed by atoms with Gasteiger partial charge in [-0.3, -0.25) is 9.59 Å². The van der Waals surface area contributed by atoms with Crippen LogP contribution in [0.2, 0.25) is 5.02 Å². The first-order chi connectivity index (χ1) is 10.4. The van der Waals surface area contributed by atoms with E-state index in [4.69, 9.17) is 11.6 Å². The van der Waals surface area contributed by atoms with E-state index < -0.39 is 0 Å². The molecule has 0 unspecified atom stereocenters. The Bertz CT molecular complexity index is 741. The van der Waals surface area contributed by atoms with Crippen molar-refractivity contribution in [3.8, 4) is 0 Å². The fourth-order valence-electron chi connectivity index (χ4n) is 2.06. The highest BCUT2D eigenvalue weighted by Crippen LogP contribution is 2.26. The molecule has 0 aliphatic heterocycles. The predicted molar refractivity (Wildman–Crippen MR) is 89.6 cm³/mol. The second kappa shape index (κ2) is 6.62. The number of carbonyl (C=O) groups excluding carboxylic acids is 2. The minimum atomic E-state index is -0.200. The monoisotopic (exact) mass is 316 g/mol. The third-order valence-corrected chi connectivity index (χ3v) is 3.49. The molecule has 5 heteroatoms. The molecule has 2 N–H and O–H groups in total. The van der Waals surface area contributed by atoms with Gasteiger partial charge >= 0.3 is 0 Å². The van der Waals surface area contributed by atoms with Crippen LogP contribution in [0.5, 0.6) is 0 Å². The average Bonchev–Trinajstić information content (AvgIpc) is 2.44. The maximum atomic E-state index is 12.3. The topological polar surface area (TPSA) is 58.2 Å². The third kappa shape index (κ3) is 3.86. The number of rotatable bonds is 3. The van der Waals surface area contributed by atoms with Gasteiger partial charge in [0.1, 0.15) is 0 Å². The molecule has 0 radical (unpaired) electrons. The SMILES string of the molecule is CC(=O)Nc1ccc(NC(=O)c2cc(C)ccc2C)cc1Cl. The van der Waals surface area contributed by atoms with E-state index in [0.717, 1.165) is 11.1 Å². The van der Waals surface area contributed by atoms with Crippen LogP contribution in [0.25, 0.3) is 0 Å². The molecule has 2 aromatic rings. The van der Waals surface area contributed by atoms with Gasteiger partial charge in [0.15, 0.2) is 0 Å². The van der Waals surface area contributed by atoms with Crippen molar-refractivity contribution in [1.82, 2.24) is 0 Å². The fraction of sp³-hybridized carbons (Fsp3) is 0.176. The minimum Gasteiger partial charge on any atom is -0.325 e. The van der Waals surface area contributed by atoms with E-state index in [-0.39, 0.29) is 11.8 Å². The van der Waals surface area contributed by atoms with E-state index in [1.807, 2.05) is 32.0 Å². The molecule has 0 aliphatic carbocycles. The molecule has 0 spiro atoms. The predicted octanol–water partition coefficient (Wildman–Crippen LogP) is 4.17. The van der Waals surface area contributed by atoms with Gasteiger partial charge in [0.25, 0.3) is 5.91 Å². The Hall–Kier alpha value is -2.33. The van der Waals surface area contributed by atoms with E-state index in [2.05, 4.69) is 10.6 Å². The van der Waals surface area contributed by atoms with Crippen LogP contribution in [-0.4, -0.2) is 11.8 Å². The van der Waals surface area contributed by atoms with Crippen molar-refractivity contribution in [2.75, 3.05) is 10.6 Å². The van der Waals surface area contributed by atoms with Gasteiger partial charge < -0.3 is 10.6 Å². The van der Waals surface area contributed by atoms with Crippen LogP contribution in [0.15, 0.2) is 36.4 Å². The molecule has 22 heavy (non-hydrogen) atoms. The summed E-state index contributed by atoms with van der Waals surface area (Å²) >= 11 is 6.09. The van der Waals surface area contributed by atoms with Crippen LogP contribution in [-0.2, 0) is 4.79 Å². The molecule has 0 aliphatic rings. The summed E-state index contributed by atoms with van der Waals surface area (Å²) in [6.07, 6.45) is 0. The van der Waals surface area contributed by atoms with Gasteiger partial charge in [-0.1, -0.05) is 29.3 Å². The van der Waals surface area contributed by atoms with Crippen LogP contribution in [0.3, 0.4) is 0 Å². The van der Waals surface area contributed by atoms with Gasteiger partial charge in [0, 0.05) is 18.2 Å². The maximum absolute atomic E-state index is 12.3. The van der Waals surface area contributed by atoms with Gasteiger partial charge in [-0.25, -0.2) is 0 Å². The summed E-state index contributed by atoms with van der Waals surface area (Å²) in [5.74, 6) is -0.390. The molecule has 2 rings (SSSR count). The lowest BCUT2D eigenvalue weighted by Gasteiger charge is -2.11. The van der Waals surface area contributed by atoms with Crippen molar-refractivity contribution >= 4 is 34.8 Å². The number of hydrogen-bond acceptors (Lipinski definition) is 2. The molecule has 0 atom stereocenters. The Balaban J connectivity index is 2.20. The molecule has 0 saturated heterocycles. The molecule has 0 saturated carbocycles. The van der Waals surface area contributed by atoms with Gasteiger partial charge in [0.2, 0.25) is 5.91 Å². The van der Waals surface area contributed by atoms with Crippen molar-refractivity contribution in [1.29, 1.82) is 0 Å². The number of halogens is 1. The van der Waals surface area contributed by atoms with Crippen molar-refractivity contribution in [3.05, 3.63) is 58.1 Å². The zero-order valence-corrected chi connectivity index (χ0v) is 13.4. The largest absolute Gasteiger partial charge is 0.325 e. The molecule has 2 aromatic carbocycles.